The average molecular weight is 256 g/mol. The second-order valence-corrected chi connectivity index (χ2v) is 5.48. The fraction of sp³-hybridized carbons (Fsp3) is 0.846. The van der Waals surface area contributed by atoms with E-state index in [1.54, 1.807) is 4.90 Å². The number of carbonyl (C=O) groups is 2. The van der Waals surface area contributed by atoms with Crippen LogP contribution >= 0.6 is 0 Å². The van der Waals surface area contributed by atoms with Gasteiger partial charge in [0.1, 0.15) is 0 Å². The predicted octanol–water partition coefficient (Wildman–Crippen LogP) is 1.18. The molecule has 1 rings (SSSR count). The minimum absolute atomic E-state index is 0.166. The first-order valence-electron chi connectivity index (χ1n) is 6.58. The Hall–Kier alpha value is -1.10. The number of amides is 1. The van der Waals surface area contributed by atoms with Gasteiger partial charge in [-0.1, -0.05) is 6.42 Å². The molecule has 1 aliphatic heterocycles. The Labute approximate surface area is 109 Å². The quantitative estimate of drug-likeness (QED) is 0.725. The van der Waals surface area contributed by atoms with Crippen molar-refractivity contribution >= 4 is 11.9 Å². The Morgan fingerprint density at radius 3 is 2.56 bits per heavy atom. The Kier molecular flexibility index (Phi) is 5.14. The molecule has 1 N–H and O–H groups in total. The number of hydrogen-bond donors (Lipinski definition) is 1. The van der Waals surface area contributed by atoms with Gasteiger partial charge in [0.15, 0.2) is 0 Å². The Balaban J connectivity index is 2.33. The molecular formula is C13H24N2O3. The van der Waals surface area contributed by atoms with Crippen molar-refractivity contribution in [1.29, 1.82) is 0 Å². The van der Waals surface area contributed by atoms with Crippen molar-refractivity contribution in [2.24, 2.45) is 0 Å². The minimum atomic E-state index is -0.731. The smallest absolute Gasteiger partial charge is 0.303 e. The van der Waals surface area contributed by atoms with E-state index in [1.807, 2.05) is 20.9 Å². The molecule has 0 bridgehead atoms. The summed E-state index contributed by atoms with van der Waals surface area (Å²) in [7, 11) is 1.84. The molecule has 18 heavy (non-hydrogen) atoms. The molecule has 0 atom stereocenters. The van der Waals surface area contributed by atoms with Gasteiger partial charge in [-0.25, -0.2) is 0 Å². The third-order valence-electron chi connectivity index (χ3n) is 3.68. The molecule has 5 nitrogen and oxygen atoms in total. The van der Waals surface area contributed by atoms with Gasteiger partial charge in [-0.15, -0.1) is 0 Å². The first-order chi connectivity index (χ1) is 8.35. The van der Waals surface area contributed by atoms with Crippen LogP contribution in [0.2, 0.25) is 0 Å². The number of piperazine rings is 1. The van der Waals surface area contributed by atoms with E-state index in [0.29, 0.717) is 0 Å². The molecule has 0 spiro atoms. The zero-order chi connectivity index (χ0) is 13.8. The highest BCUT2D eigenvalue weighted by atomic mass is 16.4. The van der Waals surface area contributed by atoms with Crippen LogP contribution in [0.5, 0.6) is 0 Å². The molecule has 1 aliphatic rings. The van der Waals surface area contributed by atoms with E-state index in [2.05, 4.69) is 4.90 Å². The van der Waals surface area contributed by atoms with Crippen LogP contribution in [-0.4, -0.2) is 59.0 Å². The van der Waals surface area contributed by atoms with Crippen molar-refractivity contribution in [2.75, 3.05) is 26.7 Å². The van der Waals surface area contributed by atoms with Crippen LogP contribution in [0.3, 0.4) is 0 Å². The van der Waals surface area contributed by atoms with Gasteiger partial charge in [-0.05, 0) is 33.2 Å². The number of aliphatic carboxylic acids is 1. The van der Waals surface area contributed by atoms with Gasteiger partial charge < -0.3 is 10.0 Å². The molecule has 5 heteroatoms. The molecule has 1 fully saturated rings. The number of carbonyl (C=O) groups excluding carboxylic acids is 1. The van der Waals surface area contributed by atoms with Gasteiger partial charge in [0.2, 0.25) is 5.91 Å². The number of nitrogens with zero attached hydrogens (tertiary/aromatic N) is 2. The van der Waals surface area contributed by atoms with Crippen molar-refractivity contribution in [3.8, 4) is 0 Å². The number of likely N-dealkylation sites (N-methyl/N-ethyl adjacent to an activating group) is 1. The van der Waals surface area contributed by atoms with Gasteiger partial charge >= 0.3 is 5.97 Å². The number of unbranched alkanes of at least 4 members (excludes halogenated alkanes) is 2. The minimum Gasteiger partial charge on any atom is -0.481 e. The van der Waals surface area contributed by atoms with Crippen molar-refractivity contribution in [3.05, 3.63) is 0 Å². The second kappa shape index (κ2) is 6.18. The van der Waals surface area contributed by atoms with E-state index in [-0.39, 0.29) is 12.3 Å². The maximum Gasteiger partial charge on any atom is 0.303 e. The molecule has 0 aromatic carbocycles. The van der Waals surface area contributed by atoms with Crippen molar-refractivity contribution in [1.82, 2.24) is 9.80 Å². The molecule has 1 amide bonds. The Morgan fingerprint density at radius 1 is 1.28 bits per heavy atom. The summed E-state index contributed by atoms with van der Waals surface area (Å²) in [5.41, 5.74) is -0.431. The molecule has 0 unspecified atom stereocenters. The van der Waals surface area contributed by atoms with Crippen LogP contribution in [-0.2, 0) is 9.59 Å². The first-order valence-corrected chi connectivity index (χ1v) is 6.58. The van der Waals surface area contributed by atoms with Gasteiger partial charge in [-0.2, -0.15) is 0 Å². The van der Waals surface area contributed by atoms with Crippen LogP contribution in [0.15, 0.2) is 0 Å². The highest BCUT2D eigenvalue weighted by Gasteiger charge is 2.39. The Morgan fingerprint density at radius 2 is 1.94 bits per heavy atom. The van der Waals surface area contributed by atoms with Crippen molar-refractivity contribution in [2.45, 2.75) is 45.1 Å². The molecule has 1 heterocycles. The first kappa shape index (κ1) is 15.0. The van der Waals surface area contributed by atoms with Crippen molar-refractivity contribution in [3.63, 3.8) is 0 Å². The number of carboxylic acids is 1. The monoisotopic (exact) mass is 256 g/mol. The van der Waals surface area contributed by atoms with Crippen molar-refractivity contribution < 1.29 is 14.7 Å². The summed E-state index contributed by atoms with van der Waals surface area (Å²) < 4.78 is 0. The molecule has 104 valence electrons. The molecule has 0 saturated carbocycles. The normalized spacial score (nSPS) is 20.2. The van der Waals surface area contributed by atoms with E-state index < -0.39 is 11.5 Å². The lowest BCUT2D eigenvalue weighted by molar-refractivity contribution is -0.147. The number of carboxylic acid groups (broad SMARTS) is 1. The summed E-state index contributed by atoms with van der Waals surface area (Å²) in [4.78, 5) is 26.4. The lowest BCUT2D eigenvalue weighted by atomic mass is 9.97. The van der Waals surface area contributed by atoms with Gasteiger partial charge in [0.25, 0.3) is 0 Å². The summed E-state index contributed by atoms with van der Waals surface area (Å²) in [5.74, 6) is -0.565. The Bertz CT molecular complexity index is 315. The third-order valence-corrected chi connectivity index (χ3v) is 3.68. The van der Waals surface area contributed by atoms with Crippen LogP contribution in [0.25, 0.3) is 0 Å². The molecule has 0 aromatic heterocycles. The summed E-state index contributed by atoms with van der Waals surface area (Å²) in [6.45, 7) is 6.46. The number of rotatable bonds is 6. The van der Waals surface area contributed by atoms with E-state index in [4.69, 9.17) is 5.11 Å². The molecule has 1 saturated heterocycles. The fourth-order valence-corrected chi connectivity index (χ4v) is 2.40. The zero-order valence-corrected chi connectivity index (χ0v) is 11.6. The molecule has 0 radical (unpaired) electrons. The van der Waals surface area contributed by atoms with Crippen LogP contribution in [0, 0.1) is 0 Å². The molecule has 0 aromatic rings. The van der Waals surface area contributed by atoms with Crippen LogP contribution in [0.1, 0.15) is 39.5 Å². The predicted molar refractivity (Wildman–Crippen MR) is 69.4 cm³/mol. The third kappa shape index (κ3) is 3.70. The summed E-state index contributed by atoms with van der Waals surface area (Å²) >= 11 is 0. The second-order valence-electron chi connectivity index (χ2n) is 5.48. The standard InChI is InChI=1S/C13H24N2O3/c1-13(2)12(18)14(3)9-10-15(13)8-6-4-5-7-11(16)17/h4-10H2,1-3H3,(H,16,17). The lowest BCUT2D eigenvalue weighted by Gasteiger charge is -2.44. The molecular weight excluding hydrogens is 232 g/mol. The fourth-order valence-electron chi connectivity index (χ4n) is 2.40. The maximum atomic E-state index is 12.0. The number of hydrogen-bond acceptors (Lipinski definition) is 3. The average Bonchev–Trinajstić information content (AvgIpc) is 2.28. The lowest BCUT2D eigenvalue weighted by Crippen LogP contribution is -2.62. The van der Waals surface area contributed by atoms with Crippen LogP contribution in [0.4, 0.5) is 0 Å². The van der Waals surface area contributed by atoms with E-state index in [1.165, 1.54) is 0 Å². The van der Waals surface area contributed by atoms with Crippen LogP contribution < -0.4 is 0 Å². The van der Waals surface area contributed by atoms with E-state index in [0.717, 1.165) is 38.9 Å². The summed E-state index contributed by atoms with van der Waals surface area (Å²) in [6, 6.07) is 0. The highest BCUT2D eigenvalue weighted by Crippen LogP contribution is 2.22. The van der Waals surface area contributed by atoms with Gasteiger partial charge in [0.05, 0.1) is 5.54 Å². The van der Waals surface area contributed by atoms with Gasteiger partial charge in [-0.3, -0.25) is 14.5 Å². The SMILES string of the molecule is CN1CCN(CCCCCC(=O)O)C(C)(C)C1=O. The highest BCUT2D eigenvalue weighted by molar-refractivity contribution is 5.86. The maximum absolute atomic E-state index is 12.0. The zero-order valence-electron chi connectivity index (χ0n) is 11.6. The summed E-state index contributed by atoms with van der Waals surface area (Å²) in [5, 5.41) is 8.55. The van der Waals surface area contributed by atoms with Gasteiger partial charge in [0, 0.05) is 26.6 Å². The van der Waals surface area contributed by atoms with E-state index in [9.17, 15) is 9.59 Å². The summed E-state index contributed by atoms with van der Waals surface area (Å²) in [6.07, 6.45) is 2.82. The van der Waals surface area contributed by atoms with E-state index >= 15 is 0 Å². The largest absolute Gasteiger partial charge is 0.481 e. The molecule has 0 aliphatic carbocycles. The topological polar surface area (TPSA) is 60.9 Å².